The molecule has 19 nitrogen and oxygen atoms in total. The smallest absolute Gasteiger partial charge is 0.409 e. The first-order valence-electron chi connectivity index (χ1n) is 15.8. The van der Waals surface area contributed by atoms with Crippen molar-refractivity contribution in [3.8, 4) is 0 Å². The molecule has 3 aliphatic rings. The van der Waals surface area contributed by atoms with E-state index in [4.69, 9.17) is 4.74 Å². The number of nitrogens with one attached hydrogen (secondary N) is 7. The molecule has 0 bridgehead atoms. The Balaban J connectivity index is 1.41. The lowest BCUT2D eigenvalue weighted by molar-refractivity contribution is -0.139. The molecule has 1 saturated heterocycles. The average molecular weight is 685 g/mol. The van der Waals surface area contributed by atoms with Gasteiger partial charge in [-0.3, -0.25) is 59.6 Å². The van der Waals surface area contributed by atoms with E-state index in [0.717, 1.165) is 12.8 Å². The molecule has 4 amide bonds. The second-order valence-electron chi connectivity index (χ2n) is 11.4. The summed E-state index contributed by atoms with van der Waals surface area (Å²) in [6.07, 6.45) is -3.19. The second kappa shape index (κ2) is 18.2. The van der Waals surface area contributed by atoms with E-state index in [1.807, 2.05) is 0 Å². The van der Waals surface area contributed by atoms with Crippen molar-refractivity contribution < 1.29 is 43.4 Å². The number of aliphatic carboxylic acids is 1. The first-order valence-corrected chi connectivity index (χ1v) is 15.8. The molecule has 1 aromatic rings. The third-order valence-corrected chi connectivity index (χ3v) is 7.57. The topological polar surface area (TPSA) is 261 Å². The number of carbonyl (C=O) groups is 7. The fourth-order valence-electron chi connectivity index (χ4n) is 5.17. The molecule has 0 aromatic heterocycles. The number of hydrogen-bond donors (Lipinski definition) is 8. The van der Waals surface area contributed by atoms with Gasteiger partial charge in [-0.1, -0.05) is 30.3 Å². The largest absolute Gasteiger partial charge is 0.481 e. The van der Waals surface area contributed by atoms with Crippen LogP contribution in [0.25, 0.3) is 0 Å². The van der Waals surface area contributed by atoms with Crippen LogP contribution in [-0.2, 0) is 40.1 Å². The van der Waals surface area contributed by atoms with Gasteiger partial charge < -0.3 is 31.1 Å². The molecule has 19 heteroatoms. The van der Waals surface area contributed by atoms with Crippen molar-refractivity contribution in [1.29, 1.82) is 0 Å². The Morgan fingerprint density at radius 3 is 2.06 bits per heavy atom. The molecule has 49 heavy (non-hydrogen) atoms. The van der Waals surface area contributed by atoms with Crippen molar-refractivity contribution in [2.24, 2.45) is 9.98 Å². The average Bonchev–Trinajstić information content (AvgIpc) is 3.44. The number of alkyl carbamates (subject to hydrolysis) is 1. The highest BCUT2D eigenvalue weighted by molar-refractivity contribution is 6.39. The number of rotatable bonds is 14. The third-order valence-electron chi connectivity index (χ3n) is 7.57. The van der Waals surface area contributed by atoms with Crippen molar-refractivity contribution in [2.75, 3.05) is 39.3 Å². The first kappa shape index (κ1) is 36.4. The third kappa shape index (κ3) is 12.0. The van der Waals surface area contributed by atoms with Crippen LogP contribution < -0.4 is 37.2 Å². The summed E-state index contributed by atoms with van der Waals surface area (Å²) >= 11 is 0. The predicted molar refractivity (Wildman–Crippen MR) is 172 cm³/mol. The molecule has 1 aromatic carbocycles. The molecule has 1 fully saturated rings. The molecule has 0 aliphatic carbocycles. The number of carbonyl (C=O) groups excluding carboxylic acids is 6. The second-order valence-corrected chi connectivity index (χ2v) is 11.4. The zero-order valence-corrected chi connectivity index (χ0v) is 26.7. The SMILES string of the molecule is O=C(O)CC(NC(=O)CN1C(CC(=O)C(=O)NC2=NCCCN2)CNC1CC(=O)C(=O)NC1=NCCCN1)NC(=O)OCc1ccccc1. The van der Waals surface area contributed by atoms with Crippen molar-refractivity contribution in [2.45, 2.75) is 57.1 Å². The molecule has 3 unspecified atom stereocenters. The van der Waals surface area contributed by atoms with E-state index in [1.54, 1.807) is 30.3 Å². The zero-order valence-electron chi connectivity index (χ0n) is 26.7. The standard InChI is InChI=1S/C30H40N10O9/c41-20(26(46)38-28-31-8-4-9-32-28)12-19-15-35-23(13-21(42)27(47)39-29-33-10-5-11-34-29)40(19)16-24(43)36-22(14-25(44)45)37-30(48)49-17-18-6-2-1-3-7-18/h1-3,6-7,19,22-23,35H,4-5,8-17H2,(H,36,43)(H,37,48)(H,44,45)(H2,31,32,38,46)(H2,33,34,39,47). The minimum atomic E-state index is -1.38. The maximum Gasteiger partial charge on any atom is 0.409 e. The van der Waals surface area contributed by atoms with Crippen LogP contribution in [0, 0.1) is 0 Å². The molecule has 264 valence electrons. The van der Waals surface area contributed by atoms with Crippen molar-refractivity contribution in [3.63, 3.8) is 0 Å². The Morgan fingerprint density at radius 2 is 1.49 bits per heavy atom. The van der Waals surface area contributed by atoms with Crippen LogP contribution in [0.3, 0.4) is 0 Å². The highest BCUT2D eigenvalue weighted by atomic mass is 16.5. The number of ketones is 2. The normalized spacial score (nSPS) is 19.4. The van der Waals surface area contributed by atoms with Gasteiger partial charge in [0.2, 0.25) is 17.5 Å². The number of benzene rings is 1. The predicted octanol–water partition coefficient (Wildman–Crippen LogP) is -2.72. The molecule has 3 heterocycles. The Hall–Kier alpha value is -5.43. The molecule has 0 spiro atoms. The van der Waals surface area contributed by atoms with Gasteiger partial charge in [0.1, 0.15) is 12.8 Å². The summed E-state index contributed by atoms with van der Waals surface area (Å²) in [6.45, 7) is 1.61. The fraction of sp³-hybridized carbons (Fsp3) is 0.500. The van der Waals surface area contributed by atoms with E-state index >= 15 is 0 Å². The Morgan fingerprint density at radius 1 is 0.878 bits per heavy atom. The van der Waals surface area contributed by atoms with Crippen LogP contribution in [0.5, 0.6) is 0 Å². The minimum Gasteiger partial charge on any atom is -0.481 e. The molecule has 0 saturated carbocycles. The van der Waals surface area contributed by atoms with Crippen LogP contribution in [0.4, 0.5) is 4.79 Å². The van der Waals surface area contributed by atoms with E-state index < -0.39 is 79.1 Å². The molecular formula is C30H40N10O9. The van der Waals surface area contributed by atoms with Gasteiger partial charge in [-0.15, -0.1) is 0 Å². The number of hydrogen-bond acceptors (Lipinski definition) is 14. The Kier molecular flexibility index (Phi) is 13.5. The first-order chi connectivity index (χ1) is 23.6. The van der Waals surface area contributed by atoms with E-state index in [2.05, 4.69) is 47.2 Å². The van der Waals surface area contributed by atoms with Crippen LogP contribution in [0.2, 0.25) is 0 Å². The van der Waals surface area contributed by atoms with Gasteiger partial charge in [0, 0.05) is 51.6 Å². The van der Waals surface area contributed by atoms with Crippen molar-refractivity contribution >= 4 is 53.3 Å². The number of carboxylic acid groups (broad SMARTS) is 1. The summed E-state index contributed by atoms with van der Waals surface area (Å²) in [5.74, 6) is -5.25. The highest BCUT2D eigenvalue weighted by Crippen LogP contribution is 2.18. The molecule has 8 N–H and O–H groups in total. The number of Topliss-reactive ketones (excluding diaryl/α,β-unsaturated/α-hetero) is 2. The lowest BCUT2D eigenvalue weighted by atomic mass is 10.1. The minimum absolute atomic E-state index is 0.0714. The fourth-order valence-corrected chi connectivity index (χ4v) is 5.17. The highest BCUT2D eigenvalue weighted by Gasteiger charge is 2.39. The van der Waals surface area contributed by atoms with E-state index in [0.29, 0.717) is 31.7 Å². The Bertz CT molecular complexity index is 1410. The summed E-state index contributed by atoms with van der Waals surface area (Å²) in [5.41, 5.74) is 0.688. The van der Waals surface area contributed by atoms with Crippen LogP contribution >= 0.6 is 0 Å². The van der Waals surface area contributed by atoms with Gasteiger partial charge in [0.15, 0.2) is 11.9 Å². The molecule has 3 atom stereocenters. The van der Waals surface area contributed by atoms with Crippen LogP contribution in [0.15, 0.2) is 40.3 Å². The number of guanidine groups is 2. The quantitative estimate of drug-likeness (QED) is 0.0733. The molecule has 0 radical (unpaired) electrons. The Labute approximate surface area is 281 Å². The van der Waals surface area contributed by atoms with Gasteiger partial charge >= 0.3 is 12.1 Å². The number of amides is 4. The van der Waals surface area contributed by atoms with E-state index in [9.17, 15) is 38.7 Å². The molecule has 3 aliphatic heterocycles. The number of nitrogens with zero attached hydrogens (tertiary/aromatic N) is 3. The monoisotopic (exact) mass is 684 g/mol. The summed E-state index contributed by atoms with van der Waals surface area (Å²) in [4.78, 5) is 97.9. The number of carboxylic acids is 1. The van der Waals surface area contributed by atoms with Gasteiger partial charge in [0.25, 0.3) is 11.8 Å². The van der Waals surface area contributed by atoms with Gasteiger partial charge in [0.05, 0.1) is 19.1 Å². The lowest BCUT2D eigenvalue weighted by Gasteiger charge is -2.29. The zero-order chi connectivity index (χ0) is 35.2. The van der Waals surface area contributed by atoms with E-state index in [1.165, 1.54) is 4.90 Å². The number of ether oxygens (including phenoxy) is 1. The van der Waals surface area contributed by atoms with Crippen LogP contribution in [-0.4, -0.2) is 121 Å². The molecular weight excluding hydrogens is 644 g/mol. The summed E-state index contributed by atoms with van der Waals surface area (Å²) in [7, 11) is 0. The van der Waals surface area contributed by atoms with Crippen molar-refractivity contribution in [1.82, 2.24) is 42.1 Å². The number of aliphatic imine (C=N–C) groups is 2. The van der Waals surface area contributed by atoms with Gasteiger partial charge in [-0.05, 0) is 18.4 Å². The van der Waals surface area contributed by atoms with E-state index in [-0.39, 0.29) is 31.5 Å². The van der Waals surface area contributed by atoms with Crippen molar-refractivity contribution in [3.05, 3.63) is 35.9 Å². The van der Waals surface area contributed by atoms with Gasteiger partial charge in [-0.2, -0.15) is 0 Å². The summed E-state index contributed by atoms with van der Waals surface area (Å²) in [5, 5.41) is 27.8. The lowest BCUT2D eigenvalue weighted by Crippen LogP contribution is -2.54. The molecule has 4 rings (SSSR count). The maximum absolute atomic E-state index is 13.3. The summed E-state index contributed by atoms with van der Waals surface area (Å²) < 4.78 is 5.14. The summed E-state index contributed by atoms with van der Waals surface area (Å²) in [6, 6.07) is 7.97. The van der Waals surface area contributed by atoms with Crippen LogP contribution in [0.1, 0.15) is 37.7 Å². The maximum atomic E-state index is 13.3. The van der Waals surface area contributed by atoms with Gasteiger partial charge in [-0.25, -0.2) is 4.79 Å².